The molecule has 2 atom stereocenters. The number of ether oxygens (including phenoxy) is 1. The van der Waals surface area contributed by atoms with Crippen LogP contribution in [-0.2, 0) is 9.53 Å². The Balaban J connectivity index is 1.88. The van der Waals surface area contributed by atoms with Gasteiger partial charge in [-0.15, -0.1) is 0 Å². The number of carbonyl (C=O) groups is 1. The SMILES string of the molecule is COC(=O)C1(N)CCCC1CCSc1nc(C)c(C)o1. The number of rotatable bonds is 5. The third-order valence-electron chi connectivity index (χ3n) is 4.14. The van der Waals surface area contributed by atoms with Gasteiger partial charge in [0, 0.05) is 5.75 Å². The molecule has 0 spiro atoms. The number of esters is 1. The number of oxazole rings is 1. The number of nitrogens with zero attached hydrogens (tertiary/aromatic N) is 1. The van der Waals surface area contributed by atoms with Crippen LogP contribution in [0, 0.1) is 19.8 Å². The van der Waals surface area contributed by atoms with Crippen molar-refractivity contribution in [3.63, 3.8) is 0 Å². The first-order valence-electron chi connectivity index (χ1n) is 6.91. The van der Waals surface area contributed by atoms with Gasteiger partial charge < -0.3 is 14.9 Å². The minimum absolute atomic E-state index is 0.180. The van der Waals surface area contributed by atoms with E-state index in [0.29, 0.717) is 11.6 Å². The molecule has 0 saturated heterocycles. The highest BCUT2D eigenvalue weighted by Gasteiger charge is 2.46. The second kappa shape index (κ2) is 6.18. The number of carbonyl (C=O) groups excluding carboxylic acids is 1. The summed E-state index contributed by atoms with van der Waals surface area (Å²) in [7, 11) is 1.40. The van der Waals surface area contributed by atoms with Crippen LogP contribution >= 0.6 is 11.8 Å². The van der Waals surface area contributed by atoms with Crippen molar-refractivity contribution in [2.75, 3.05) is 12.9 Å². The Bertz CT molecular complexity index is 469. The number of hydrogen-bond donors (Lipinski definition) is 1. The minimum Gasteiger partial charge on any atom is -0.468 e. The molecule has 0 bridgehead atoms. The van der Waals surface area contributed by atoms with Gasteiger partial charge >= 0.3 is 5.97 Å². The molecule has 0 amide bonds. The van der Waals surface area contributed by atoms with Crippen LogP contribution in [0.4, 0.5) is 0 Å². The maximum Gasteiger partial charge on any atom is 0.326 e. The first kappa shape index (κ1) is 15.4. The van der Waals surface area contributed by atoms with Crippen molar-refractivity contribution in [2.45, 2.75) is 50.3 Å². The summed E-state index contributed by atoms with van der Waals surface area (Å²) in [6, 6.07) is 0. The summed E-state index contributed by atoms with van der Waals surface area (Å²) in [6.07, 6.45) is 3.55. The second-order valence-corrected chi connectivity index (χ2v) is 6.43. The van der Waals surface area contributed by atoms with Gasteiger partial charge in [0.1, 0.15) is 11.3 Å². The van der Waals surface area contributed by atoms with Gasteiger partial charge in [0.15, 0.2) is 0 Å². The molecule has 1 aromatic rings. The number of methoxy groups -OCH3 is 1. The Morgan fingerprint density at radius 1 is 1.60 bits per heavy atom. The zero-order valence-electron chi connectivity index (χ0n) is 12.3. The summed E-state index contributed by atoms with van der Waals surface area (Å²) in [5.41, 5.74) is 6.36. The molecule has 6 heteroatoms. The fraction of sp³-hybridized carbons (Fsp3) is 0.714. The van der Waals surface area contributed by atoms with Crippen molar-refractivity contribution < 1.29 is 13.9 Å². The molecule has 0 aromatic carbocycles. The van der Waals surface area contributed by atoms with Gasteiger partial charge in [0.25, 0.3) is 5.22 Å². The first-order valence-corrected chi connectivity index (χ1v) is 7.90. The highest BCUT2D eigenvalue weighted by Crippen LogP contribution is 2.38. The van der Waals surface area contributed by atoms with Gasteiger partial charge in [-0.05, 0) is 39.0 Å². The summed E-state index contributed by atoms with van der Waals surface area (Å²) in [6.45, 7) is 3.84. The number of thioether (sulfide) groups is 1. The molecule has 1 aliphatic rings. The van der Waals surface area contributed by atoms with Crippen LogP contribution in [0.5, 0.6) is 0 Å². The Kier molecular flexibility index (Phi) is 4.75. The van der Waals surface area contributed by atoms with E-state index < -0.39 is 5.54 Å². The monoisotopic (exact) mass is 298 g/mol. The Labute approximate surface area is 123 Å². The lowest BCUT2D eigenvalue weighted by Gasteiger charge is -2.28. The molecular formula is C14H22N2O3S. The Morgan fingerprint density at radius 3 is 2.95 bits per heavy atom. The molecule has 1 heterocycles. The summed E-state index contributed by atoms with van der Waals surface area (Å²) in [5, 5.41) is 0.693. The molecule has 1 aliphatic carbocycles. The van der Waals surface area contributed by atoms with E-state index in [1.807, 2.05) is 13.8 Å². The second-order valence-electron chi connectivity index (χ2n) is 5.38. The molecule has 1 fully saturated rings. The lowest BCUT2D eigenvalue weighted by atomic mass is 9.86. The largest absolute Gasteiger partial charge is 0.468 e. The highest BCUT2D eigenvalue weighted by molar-refractivity contribution is 7.99. The molecular weight excluding hydrogens is 276 g/mol. The third kappa shape index (κ3) is 3.01. The first-order chi connectivity index (χ1) is 9.47. The van der Waals surface area contributed by atoms with Gasteiger partial charge in [-0.1, -0.05) is 18.2 Å². The standard InChI is InChI=1S/C14H22N2O3S/c1-9-10(2)19-13(16-9)20-8-6-11-5-4-7-14(11,15)12(17)18-3/h11H,4-8,15H2,1-3H3. The van der Waals surface area contributed by atoms with Crippen molar-refractivity contribution in [1.82, 2.24) is 4.98 Å². The normalized spacial score (nSPS) is 25.9. The van der Waals surface area contributed by atoms with Crippen molar-refractivity contribution in [2.24, 2.45) is 11.7 Å². The van der Waals surface area contributed by atoms with Crippen molar-refractivity contribution in [1.29, 1.82) is 0 Å². The topological polar surface area (TPSA) is 78.4 Å². The van der Waals surface area contributed by atoms with Crippen LogP contribution in [0.15, 0.2) is 9.64 Å². The summed E-state index contributed by atoms with van der Waals surface area (Å²) in [4.78, 5) is 16.2. The van der Waals surface area contributed by atoms with Crippen molar-refractivity contribution >= 4 is 17.7 Å². The predicted molar refractivity (Wildman–Crippen MR) is 77.6 cm³/mol. The lowest BCUT2D eigenvalue weighted by Crippen LogP contribution is -2.51. The maximum atomic E-state index is 11.8. The summed E-state index contributed by atoms with van der Waals surface area (Å²) in [5.74, 6) is 1.60. The van der Waals surface area contributed by atoms with Crippen LogP contribution in [0.25, 0.3) is 0 Å². The molecule has 2 rings (SSSR count). The number of aromatic nitrogens is 1. The summed E-state index contributed by atoms with van der Waals surface area (Å²) >= 11 is 1.58. The average Bonchev–Trinajstić information content (AvgIpc) is 2.94. The molecule has 0 radical (unpaired) electrons. The molecule has 2 unspecified atom stereocenters. The van der Waals surface area contributed by atoms with E-state index in [1.165, 1.54) is 7.11 Å². The third-order valence-corrected chi connectivity index (χ3v) is 5.00. The molecule has 112 valence electrons. The Morgan fingerprint density at radius 2 is 2.35 bits per heavy atom. The predicted octanol–water partition coefficient (Wildman–Crippen LogP) is 2.44. The minimum atomic E-state index is -0.808. The van der Waals surface area contributed by atoms with Crippen LogP contribution in [0.2, 0.25) is 0 Å². The van der Waals surface area contributed by atoms with E-state index in [0.717, 1.165) is 36.5 Å². The van der Waals surface area contributed by atoms with Crippen molar-refractivity contribution in [3.8, 4) is 0 Å². The van der Waals surface area contributed by atoms with E-state index in [2.05, 4.69) is 4.98 Å². The molecule has 5 nitrogen and oxygen atoms in total. The van der Waals surface area contributed by atoms with E-state index in [9.17, 15) is 4.79 Å². The number of nitrogens with two attached hydrogens (primary N) is 1. The highest BCUT2D eigenvalue weighted by atomic mass is 32.2. The quantitative estimate of drug-likeness (QED) is 0.664. The fourth-order valence-electron chi connectivity index (χ4n) is 2.76. The number of hydrogen-bond acceptors (Lipinski definition) is 6. The fourth-order valence-corrected chi connectivity index (χ4v) is 3.72. The zero-order valence-corrected chi connectivity index (χ0v) is 13.1. The molecule has 1 saturated carbocycles. The van der Waals surface area contributed by atoms with Gasteiger partial charge in [0.2, 0.25) is 0 Å². The Hall–Kier alpha value is -1.01. The zero-order chi connectivity index (χ0) is 14.8. The molecule has 1 aromatic heterocycles. The lowest BCUT2D eigenvalue weighted by molar-refractivity contribution is -0.148. The van der Waals surface area contributed by atoms with Crippen LogP contribution < -0.4 is 5.73 Å². The number of aryl methyl sites for hydroxylation is 2. The maximum absolute atomic E-state index is 11.8. The molecule has 2 N–H and O–H groups in total. The van der Waals surface area contributed by atoms with Crippen LogP contribution in [-0.4, -0.2) is 29.4 Å². The van der Waals surface area contributed by atoms with E-state index in [-0.39, 0.29) is 11.9 Å². The van der Waals surface area contributed by atoms with E-state index in [1.54, 1.807) is 11.8 Å². The molecule has 20 heavy (non-hydrogen) atoms. The van der Waals surface area contributed by atoms with Crippen LogP contribution in [0.3, 0.4) is 0 Å². The van der Waals surface area contributed by atoms with Gasteiger partial charge in [-0.2, -0.15) is 0 Å². The van der Waals surface area contributed by atoms with Gasteiger partial charge in [-0.25, -0.2) is 4.98 Å². The van der Waals surface area contributed by atoms with E-state index >= 15 is 0 Å². The average molecular weight is 298 g/mol. The van der Waals surface area contributed by atoms with Crippen LogP contribution in [0.1, 0.15) is 37.1 Å². The smallest absolute Gasteiger partial charge is 0.326 e. The van der Waals surface area contributed by atoms with Crippen molar-refractivity contribution in [3.05, 3.63) is 11.5 Å². The molecule has 0 aliphatic heterocycles. The van der Waals surface area contributed by atoms with Gasteiger partial charge in [-0.3, -0.25) is 4.79 Å². The van der Waals surface area contributed by atoms with E-state index in [4.69, 9.17) is 14.9 Å². The van der Waals surface area contributed by atoms with Gasteiger partial charge in [0.05, 0.1) is 12.8 Å². The summed E-state index contributed by atoms with van der Waals surface area (Å²) < 4.78 is 10.4.